The summed E-state index contributed by atoms with van der Waals surface area (Å²) in [5.41, 5.74) is 1.26. The van der Waals surface area contributed by atoms with Crippen LogP contribution in [0.15, 0.2) is 48.5 Å². The fourth-order valence-electron chi connectivity index (χ4n) is 3.62. The summed E-state index contributed by atoms with van der Waals surface area (Å²) in [6.07, 6.45) is 0.982. The van der Waals surface area contributed by atoms with E-state index in [-0.39, 0.29) is 18.6 Å². The fourth-order valence-corrected chi connectivity index (χ4v) is 3.62. The van der Waals surface area contributed by atoms with Crippen LogP contribution in [0.4, 0.5) is 16.2 Å². The predicted molar refractivity (Wildman–Crippen MR) is 117 cm³/mol. The summed E-state index contributed by atoms with van der Waals surface area (Å²) < 4.78 is 16.1. The van der Waals surface area contributed by atoms with E-state index in [2.05, 4.69) is 10.6 Å². The third-order valence-electron chi connectivity index (χ3n) is 5.31. The average Bonchev–Trinajstić information content (AvgIpc) is 2.83. The van der Waals surface area contributed by atoms with Crippen molar-refractivity contribution in [2.75, 3.05) is 43.5 Å². The molecule has 0 aliphatic carbocycles. The number of ether oxygens (including phenoxy) is 3. The second kappa shape index (κ2) is 10.0. The minimum Gasteiger partial charge on any atom is -0.486 e. The number of hydrogen-bond acceptors (Lipinski definition) is 6. The minimum absolute atomic E-state index is 0.193. The van der Waals surface area contributed by atoms with Crippen LogP contribution in [0, 0.1) is 5.92 Å². The van der Waals surface area contributed by atoms with Crippen LogP contribution in [0.1, 0.15) is 12.8 Å². The number of piperidine rings is 1. The molecule has 0 atom stereocenters. The number of nitrogens with one attached hydrogen (secondary N) is 2. The van der Waals surface area contributed by atoms with Crippen molar-refractivity contribution in [3.63, 3.8) is 0 Å². The third kappa shape index (κ3) is 5.48. The van der Waals surface area contributed by atoms with Gasteiger partial charge in [0.05, 0.1) is 5.92 Å². The van der Waals surface area contributed by atoms with Crippen molar-refractivity contribution in [1.82, 2.24) is 4.90 Å². The Labute approximate surface area is 185 Å². The molecule has 0 aromatic heterocycles. The first-order valence-electron chi connectivity index (χ1n) is 10.6. The Bertz CT molecular complexity index is 973. The molecule has 0 unspecified atom stereocenters. The van der Waals surface area contributed by atoms with Crippen molar-refractivity contribution in [3.05, 3.63) is 48.5 Å². The molecule has 0 radical (unpaired) electrons. The summed E-state index contributed by atoms with van der Waals surface area (Å²) in [5.74, 6) is -0.00316. The van der Waals surface area contributed by atoms with Gasteiger partial charge in [-0.05, 0) is 37.1 Å². The molecule has 2 heterocycles. The molecule has 2 N–H and O–H groups in total. The van der Waals surface area contributed by atoms with E-state index < -0.39 is 11.9 Å². The van der Waals surface area contributed by atoms with Crippen molar-refractivity contribution in [1.29, 1.82) is 0 Å². The van der Waals surface area contributed by atoms with Gasteiger partial charge in [-0.2, -0.15) is 0 Å². The molecule has 2 aliphatic rings. The van der Waals surface area contributed by atoms with E-state index >= 15 is 0 Å². The number of hydrogen-bond donors (Lipinski definition) is 2. The topological polar surface area (TPSA) is 106 Å². The maximum Gasteiger partial charge on any atom is 0.321 e. The van der Waals surface area contributed by atoms with Gasteiger partial charge < -0.3 is 29.7 Å². The van der Waals surface area contributed by atoms with E-state index in [0.29, 0.717) is 56.3 Å². The number of anilines is 2. The Hall–Kier alpha value is -3.75. The first-order chi connectivity index (χ1) is 15.6. The molecule has 1 fully saturated rings. The van der Waals surface area contributed by atoms with Gasteiger partial charge in [-0.15, -0.1) is 0 Å². The summed E-state index contributed by atoms with van der Waals surface area (Å²) in [7, 11) is 0. The van der Waals surface area contributed by atoms with Crippen LogP contribution in [0.2, 0.25) is 0 Å². The number of nitrogens with zero attached hydrogens (tertiary/aromatic N) is 1. The molecule has 0 saturated carbocycles. The smallest absolute Gasteiger partial charge is 0.321 e. The number of carbonyl (C=O) groups excluding carboxylic acids is 3. The van der Waals surface area contributed by atoms with Crippen molar-refractivity contribution >= 4 is 29.3 Å². The van der Waals surface area contributed by atoms with Crippen LogP contribution in [0.3, 0.4) is 0 Å². The van der Waals surface area contributed by atoms with Crippen LogP contribution >= 0.6 is 0 Å². The normalized spacial score (nSPS) is 15.6. The number of carbonyl (C=O) groups is 3. The zero-order valence-corrected chi connectivity index (χ0v) is 17.5. The highest BCUT2D eigenvalue weighted by atomic mass is 16.6. The van der Waals surface area contributed by atoms with Crippen LogP contribution in [0.25, 0.3) is 0 Å². The van der Waals surface area contributed by atoms with E-state index in [4.69, 9.17) is 14.2 Å². The lowest BCUT2D eigenvalue weighted by molar-refractivity contribution is -0.152. The SMILES string of the molecule is O=C(COC(=O)C1CCN(C(=O)Nc2ccccc2)CC1)Nc1ccc2c(c1)OCCO2. The summed E-state index contributed by atoms with van der Waals surface area (Å²) in [6, 6.07) is 14.1. The van der Waals surface area contributed by atoms with E-state index in [9.17, 15) is 14.4 Å². The largest absolute Gasteiger partial charge is 0.486 e. The van der Waals surface area contributed by atoms with Crippen molar-refractivity contribution < 1.29 is 28.6 Å². The lowest BCUT2D eigenvalue weighted by Crippen LogP contribution is -2.43. The van der Waals surface area contributed by atoms with Gasteiger partial charge in [0.15, 0.2) is 18.1 Å². The highest BCUT2D eigenvalue weighted by Crippen LogP contribution is 2.32. The van der Waals surface area contributed by atoms with Crippen LogP contribution in [-0.4, -0.2) is 55.7 Å². The van der Waals surface area contributed by atoms with E-state index in [1.54, 1.807) is 23.1 Å². The Balaban J connectivity index is 1.19. The van der Waals surface area contributed by atoms with Gasteiger partial charge in [0.1, 0.15) is 13.2 Å². The predicted octanol–water partition coefficient (Wildman–Crippen LogP) is 2.88. The Kier molecular flexibility index (Phi) is 6.74. The number of likely N-dealkylation sites (tertiary alicyclic amines) is 1. The highest BCUT2D eigenvalue weighted by molar-refractivity contribution is 5.93. The van der Waals surface area contributed by atoms with Gasteiger partial charge in [-0.1, -0.05) is 18.2 Å². The molecular weight excluding hydrogens is 414 g/mol. The first-order valence-corrected chi connectivity index (χ1v) is 10.6. The van der Waals surface area contributed by atoms with Crippen molar-refractivity contribution in [2.24, 2.45) is 5.92 Å². The number of urea groups is 1. The average molecular weight is 439 g/mol. The number of benzene rings is 2. The molecule has 2 aliphatic heterocycles. The van der Waals surface area contributed by atoms with Gasteiger partial charge in [0.25, 0.3) is 5.91 Å². The van der Waals surface area contributed by atoms with Gasteiger partial charge in [0, 0.05) is 30.5 Å². The molecule has 2 aromatic carbocycles. The maximum atomic E-state index is 12.4. The summed E-state index contributed by atoms with van der Waals surface area (Å²) in [6.45, 7) is 1.46. The minimum atomic E-state index is -0.435. The molecule has 9 heteroatoms. The molecule has 2 aromatic rings. The quantitative estimate of drug-likeness (QED) is 0.694. The second-order valence-electron chi connectivity index (χ2n) is 7.57. The fraction of sp³-hybridized carbons (Fsp3) is 0.348. The van der Waals surface area contributed by atoms with Gasteiger partial charge >= 0.3 is 12.0 Å². The zero-order valence-electron chi connectivity index (χ0n) is 17.5. The van der Waals surface area contributed by atoms with Crippen molar-refractivity contribution in [2.45, 2.75) is 12.8 Å². The van der Waals surface area contributed by atoms with E-state index in [1.165, 1.54) is 0 Å². The van der Waals surface area contributed by atoms with Gasteiger partial charge in [0.2, 0.25) is 0 Å². The van der Waals surface area contributed by atoms with Crippen LogP contribution < -0.4 is 20.1 Å². The Morgan fingerprint density at radius 1 is 0.906 bits per heavy atom. The second-order valence-corrected chi connectivity index (χ2v) is 7.57. The first kappa shape index (κ1) is 21.5. The lowest BCUT2D eigenvalue weighted by atomic mass is 9.97. The van der Waals surface area contributed by atoms with E-state index in [1.807, 2.05) is 30.3 Å². The molecule has 0 spiro atoms. The zero-order chi connectivity index (χ0) is 22.3. The summed E-state index contributed by atoms with van der Waals surface area (Å²) >= 11 is 0. The Morgan fingerprint density at radius 3 is 2.38 bits per heavy atom. The standard InChI is InChI=1S/C23H25N3O6/c27-21(24-18-6-7-19-20(14-18)31-13-12-30-19)15-32-22(28)16-8-10-26(11-9-16)23(29)25-17-4-2-1-3-5-17/h1-7,14,16H,8-13,15H2,(H,24,27)(H,25,29). The molecule has 9 nitrogen and oxygen atoms in total. The highest BCUT2D eigenvalue weighted by Gasteiger charge is 2.29. The molecular formula is C23H25N3O6. The molecule has 4 rings (SSSR count). The lowest BCUT2D eigenvalue weighted by Gasteiger charge is -2.30. The number of amides is 3. The monoisotopic (exact) mass is 439 g/mol. The van der Waals surface area contributed by atoms with E-state index in [0.717, 1.165) is 5.69 Å². The Morgan fingerprint density at radius 2 is 1.62 bits per heavy atom. The molecule has 3 amide bonds. The van der Waals surface area contributed by atoms with Crippen LogP contribution in [-0.2, 0) is 14.3 Å². The maximum absolute atomic E-state index is 12.4. The van der Waals surface area contributed by atoms with Gasteiger partial charge in [-0.3, -0.25) is 9.59 Å². The number of para-hydroxylation sites is 1. The summed E-state index contributed by atoms with van der Waals surface area (Å²) in [5, 5.41) is 5.52. The summed E-state index contributed by atoms with van der Waals surface area (Å²) in [4.78, 5) is 38.5. The third-order valence-corrected chi connectivity index (χ3v) is 5.31. The molecule has 168 valence electrons. The molecule has 0 bridgehead atoms. The number of rotatable bonds is 5. The van der Waals surface area contributed by atoms with Crippen molar-refractivity contribution in [3.8, 4) is 11.5 Å². The number of fused-ring (bicyclic) bond motifs is 1. The van der Waals surface area contributed by atoms with Crippen LogP contribution in [0.5, 0.6) is 11.5 Å². The molecule has 1 saturated heterocycles. The molecule has 32 heavy (non-hydrogen) atoms. The van der Waals surface area contributed by atoms with Gasteiger partial charge in [-0.25, -0.2) is 4.79 Å². The number of esters is 1.